The molecule has 0 aliphatic rings. The summed E-state index contributed by atoms with van der Waals surface area (Å²) < 4.78 is 0. The molecule has 0 aromatic carbocycles. The van der Waals surface area contributed by atoms with Crippen molar-refractivity contribution >= 4 is 6.29 Å². The maximum atomic E-state index is 10.2. The molecule has 0 heterocycles. The van der Waals surface area contributed by atoms with Gasteiger partial charge in [0.15, 0.2) is 0 Å². The predicted octanol–water partition coefficient (Wildman–Crippen LogP) is 2.40. The fourth-order valence-corrected chi connectivity index (χ4v) is 0.835. The van der Waals surface area contributed by atoms with Gasteiger partial charge in [0.2, 0.25) is 0 Å². The van der Waals surface area contributed by atoms with Gasteiger partial charge < -0.3 is 4.79 Å². The minimum absolute atomic E-state index is 0. The van der Waals surface area contributed by atoms with E-state index < -0.39 is 0 Å². The molecule has 0 aromatic heterocycles. The number of unbranched alkanes of at least 4 members (excludes halogenated alkanes) is 1. The molecule has 2 heteroatoms. The standard InChI is InChI=1S/C8H16O.Zr/c1-3-5-6-8(4-2)7-9;/h7-8H,3-6H2,1-2H3;. The van der Waals surface area contributed by atoms with Gasteiger partial charge in [-0.05, 0) is 12.8 Å². The van der Waals surface area contributed by atoms with Gasteiger partial charge in [-0.1, -0.05) is 26.7 Å². The first kappa shape index (κ1) is 13.2. The van der Waals surface area contributed by atoms with Gasteiger partial charge in [0.05, 0.1) is 0 Å². The fraction of sp³-hybridized carbons (Fsp3) is 0.875. The Labute approximate surface area is 82.7 Å². The predicted molar refractivity (Wildman–Crippen MR) is 39.4 cm³/mol. The monoisotopic (exact) mass is 218 g/mol. The first-order chi connectivity index (χ1) is 4.35. The van der Waals surface area contributed by atoms with Crippen LogP contribution in [0.15, 0.2) is 0 Å². The maximum absolute atomic E-state index is 10.2. The largest absolute Gasteiger partial charge is 0.303 e. The van der Waals surface area contributed by atoms with Gasteiger partial charge >= 0.3 is 0 Å². The Kier molecular flexibility index (Phi) is 12.6. The van der Waals surface area contributed by atoms with Gasteiger partial charge in [-0.3, -0.25) is 0 Å². The Balaban J connectivity index is 0. The summed E-state index contributed by atoms with van der Waals surface area (Å²) >= 11 is 0. The van der Waals surface area contributed by atoms with E-state index in [0.717, 1.165) is 19.1 Å². The summed E-state index contributed by atoms with van der Waals surface area (Å²) in [5.41, 5.74) is 0. The van der Waals surface area contributed by atoms with E-state index in [1.807, 2.05) is 0 Å². The maximum Gasteiger partial charge on any atom is 0.123 e. The Hall–Kier alpha value is 0.553. The summed E-state index contributed by atoms with van der Waals surface area (Å²) in [6.07, 6.45) is 5.55. The van der Waals surface area contributed by atoms with Crippen LogP contribution in [0.1, 0.15) is 39.5 Å². The SMILES string of the molecule is CCCCC(C=O)CC.[Zr]. The van der Waals surface area contributed by atoms with Gasteiger partial charge in [0.25, 0.3) is 0 Å². The molecule has 0 N–H and O–H groups in total. The second-order valence-corrected chi connectivity index (χ2v) is 2.45. The smallest absolute Gasteiger partial charge is 0.123 e. The third-order valence-electron chi connectivity index (χ3n) is 1.65. The average molecular weight is 219 g/mol. The molecule has 0 aliphatic carbocycles. The third kappa shape index (κ3) is 6.67. The van der Waals surface area contributed by atoms with Gasteiger partial charge in [-0.15, -0.1) is 0 Å². The van der Waals surface area contributed by atoms with Crippen LogP contribution in [-0.4, -0.2) is 6.29 Å². The summed E-state index contributed by atoms with van der Waals surface area (Å²) in [4.78, 5) is 10.2. The topological polar surface area (TPSA) is 17.1 Å². The number of hydrogen-bond donors (Lipinski definition) is 0. The zero-order valence-electron chi connectivity index (χ0n) is 6.89. The molecule has 10 heavy (non-hydrogen) atoms. The molecule has 0 amide bonds. The van der Waals surface area contributed by atoms with Gasteiger partial charge in [0.1, 0.15) is 6.29 Å². The molecule has 0 rings (SSSR count). The Morgan fingerprint density at radius 3 is 2.30 bits per heavy atom. The molecule has 1 unspecified atom stereocenters. The Bertz CT molecular complexity index is 73.7. The molecule has 1 atom stereocenters. The van der Waals surface area contributed by atoms with Crippen LogP contribution in [0.3, 0.4) is 0 Å². The number of rotatable bonds is 5. The van der Waals surface area contributed by atoms with Crippen LogP contribution in [-0.2, 0) is 31.0 Å². The summed E-state index contributed by atoms with van der Waals surface area (Å²) in [5, 5.41) is 0. The van der Waals surface area contributed by atoms with Crippen molar-refractivity contribution in [2.75, 3.05) is 0 Å². The zero-order valence-corrected chi connectivity index (χ0v) is 9.35. The Morgan fingerprint density at radius 2 is 2.00 bits per heavy atom. The summed E-state index contributed by atoms with van der Waals surface area (Å²) in [7, 11) is 0. The van der Waals surface area contributed by atoms with E-state index >= 15 is 0 Å². The molecule has 58 valence electrons. The molecule has 0 spiro atoms. The molecule has 0 aliphatic heterocycles. The minimum Gasteiger partial charge on any atom is -0.303 e. The quantitative estimate of drug-likeness (QED) is 0.649. The van der Waals surface area contributed by atoms with Crippen LogP contribution in [0.25, 0.3) is 0 Å². The van der Waals surface area contributed by atoms with E-state index in [2.05, 4.69) is 13.8 Å². The second-order valence-electron chi connectivity index (χ2n) is 2.45. The average Bonchev–Trinajstić information content (AvgIpc) is 1.91. The van der Waals surface area contributed by atoms with Crippen molar-refractivity contribution in [2.45, 2.75) is 39.5 Å². The van der Waals surface area contributed by atoms with E-state index in [-0.39, 0.29) is 26.2 Å². The first-order valence-corrected chi connectivity index (χ1v) is 3.80. The molecule has 0 fully saturated rings. The first-order valence-electron chi connectivity index (χ1n) is 3.80. The van der Waals surface area contributed by atoms with Crippen molar-refractivity contribution in [1.82, 2.24) is 0 Å². The summed E-state index contributed by atoms with van der Waals surface area (Å²) in [6, 6.07) is 0. The van der Waals surface area contributed by atoms with E-state index in [1.54, 1.807) is 0 Å². The van der Waals surface area contributed by atoms with Crippen molar-refractivity contribution in [3.05, 3.63) is 0 Å². The van der Waals surface area contributed by atoms with Crippen LogP contribution >= 0.6 is 0 Å². The van der Waals surface area contributed by atoms with Crippen LogP contribution < -0.4 is 0 Å². The third-order valence-corrected chi connectivity index (χ3v) is 1.65. The number of carbonyl (C=O) groups is 1. The number of carbonyl (C=O) groups excluding carboxylic acids is 1. The van der Waals surface area contributed by atoms with E-state index in [9.17, 15) is 4.79 Å². The van der Waals surface area contributed by atoms with E-state index in [4.69, 9.17) is 0 Å². The van der Waals surface area contributed by atoms with Crippen LogP contribution in [0.2, 0.25) is 0 Å². The number of hydrogen-bond acceptors (Lipinski definition) is 1. The van der Waals surface area contributed by atoms with Crippen LogP contribution in [0, 0.1) is 5.92 Å². The minimum atomic E-state index is 0. The normalized spacial score (nSPS) is 11.8. The van der Waals surface area contributed by atoms with Crippen LogP contribution in [0.4, 0.5) is 0 Å². The van der Waals surface area contributed by atoms with Gasteiger partial charge in [-0.2, -0.15) is 0 Å². The fourth-order valence-electron chi connectivity index (χ4n) is 0.835. The van der Waals surface area contributed by atoms with E-state index in [0.29, 0.717) is 5.92 Å². The molecule has 1 nitrogen and oxygen atoms in total. The van der Waals surface area contributed by atoms with E-state index in [1.165, 1.54) is 12.8 Å². The molecule has 0 saturated carbocycles. The Morgan fingerprint density at radius 1 is 1.40 bits per heavy atom. The van der Waals surface area contributed by atoms with Crippen LogP contribution in [0.5, 0.6) is 0 Å². The van der Waals surface area contributed by atoms with Crippen molar-refractivity contribution in [1.29, 1.82) is 0 Å². The molecule has 0 saturated heterocycles. The van der Waals surface area contributed by atoms with Crippen molar-refractivity contribution in [3.63, 3.8) is 0 Å². The molecular formula is C8H16OZr. The number of aldehydes is 1. The summed E-state index contributed by atoms with van der Waals surface area (Å²) in [5.74, 6) is 0.324. The molecular weight excluding hydrogens is 203 g/mol. The molecule has 0 aromatic rings. The van der Waals surface area contributed by atoms with Crippen molar-refractivity contribution < 1.29 is 31.0 Å². The van der Waals surface area contributed by atoms with Crippen molar-refractivity contribution in [2.24, 2.45) is 5.92 Å². The summed E-state index contributed by atoms with van der Waals surface area (Å²) in [6.45, 7) is 4.21. The van der Waals surface area contributed by atoms with Gasteiger partial charge in [0, 0.05) is 32.1 Å². The van der Waals surface area contributed by atoms with Crippen molar-refractivity contribution in [3.8, 4) is 0 Å². The molecule has 0 radical (unpaired) electrons. The zero-order chi connectivity index (χ0) is 7.11. The second kappa shape index (κ2) is 9.55. The molecule has 0 bridgehead atoms. The van der Waals surface area contributed by atoms with Gasteiger partial charge in [-0.25, -0.2) is 0 Å².